The van der Waals surface area contributed by atoms with Crippen LogP contribution in [0.25, 0.3) is 0 Å². The first-order valence-electron chi connectivity index (χ1n) is 6.09. The number of rotatable bonds is 5. The molecule has 2 rings (SSSR count). The second kappa shape index (κ2) is 5.75. The lowest BCUT2D eigenvalue weighted by atomic mass is 9.83. The van der Waals surface area contributed by atoms with Crippen LogP contribution in [0.15, 0.2) is 24.3 Å². The smallest absolute Gasteiger partial charge is 0.123 e. The molecule has 3 heteroatoms. The van der Waals surface area contributed by atoms with E-state index in [1.165, 1.54) is 12.0 Å². The number of benzene rings is 1. The molecule has 0 saturated heterocycles. The first-order valence-corrected chi connectivity index (χ1v) is 8.34. The van der Waals surface area contributed by atoms with Gasteiger partial charge in [0, 0.05) is 17.1 Å². The van der Waals surface area contributed by atoms with Crippen LogP contribution in [0.4, 0.5) is 0 Å². The van der Waals surface area contributed by atoms with Gasteiger partial charge in [0.05, 0.1) is 0 Å². The highest BCUT2D eigenvalue weighted by atomic mass is 79.9. The normalized spacial score (nSPS) is 18.9. The van der Waals surface area contributed by atoms with Gasteiger partial charge in [-0.1, -0.05) is 57.0 Å². The summed E-state index contributed by atoms with van der Waals surface area (Å²) in [7, 11) is 0. The summed E-state index contributed by atoms with van der Waals surface area (Å²) in [5, 5.41) is 2.05. The van der Waals surface area contributed by atoms with E-state index in [9.17, 15) is 0 Å². The van der Waals surface area contributed by atoms with Crippen molar-refractivity contribution in [3.63, 3.8) is 0 Å². The van der Waals surface area contributed by atoms with E-state index in [0.717, 1.165) is 29.3 Å². The lowest BCUT2D eigenvalue weighted by Gasteiger charge is -2.31. The summed E-state index contributed by atoms with van der Waals surface area (Å²) in [5.41, 5.74) is 1.67. The molecule has 0 aromatic heterocycles. The van der Waals surface area contributed by atoms with E-state index < -0.39 is 0 Å². The molecule has 1 unspecified atom stereocenters. The zero-order valence-corrected chi connectivity index (χ0v) is 13.3. The summed E-state index contributed by atoms with van der Waals surface area (Å²) >= 11 is 7.30. The third kappa shape index (κ3) is 2.87. The lowest BCUT2D eigenvalue weighted by Crippen LogP contribution is -2.31. The summed E-state index contributed by atoms with van der Waals surface area (Å²) in [6, 6.07) is 8.38. The predicted octanol–water partition coefficient (Wildman–Crippen LogP) is 4.57. The molecule has 1 aliphatic rings. The molecule has 1 heterocycles. The second-order valence-corrected chi connectivity index (χ2v) is 6.00. The molecule has 0 amide bonds. The Kier molecular flexibility index (Phi) is 4.53. The standard InChI is InChI=1S/C14H18Br2O/c1-2-14(9-15,10-16)8-12-7-11-5-3-4-6-13(11)17-12/h3-6,12H,2,7-10H2,1H3. The molecule has 1 aromatic rings. The molecule has 94 valence electrons. The van der Waals surface area contributed by atoms with E-state index in [-0.39, 0.29) is 0 Å². The monoisotopic (exact) mass is 360 g/mol. The number of hydrogen-bond acceptors (Lipinski definition) is 1. The Hall–Kier alpha value is -0.0200. The van der Waals surface area contributed by atoms with E-state index >= 15 is 0 Å². The first kappa shape index (κ1) is 13.4. The average Bonchev–Trinajstić information content (AvgIpc) is 2.78. The van der Waals surface area contributed by atoms with E-state index in [2.05, 4.69) is 57.0 Å². The predicted molar refractivity (Wildman–Crippen MR) is 79.5 cm³/mol. The van der Waals surface area contributed by atoms with Crippen LogP contribution in [0.2, 0.25) is 0 Å². The van der Waals surface area contributed by atoms with Crippen LogP contribution < -0.4 is 4.74 Å². The molecule has 1 aliphatic heterocycles. The molecule has 0 bridgehead atoms. The maximum absolute atomic E-state index is 6.03. The van der Waals surface area contributed by atoms with Crippen LogP contribution in [-0.2, 0) is 6.42 Å². The number of para-hydroxylation sites is 1. The van der Waals surface area contributed by atoms with E-state index in [1.54, 1.807) is 0 Å². The summed E-state index contributed by atoms with van der Waals surface area (Å²) in [5.74, 6) is 1.08. The number of alkyl halides is 2. The summed E-state index contributed by atoms with van der Waals surface area (Å²) in [6.07, 6.45) is 3.66. The molecule has 0 saturated carbocycles. The van der Waals surface area contributed by atoms with Crippen molar-refractivity contribution in [1.82, 2.24) is 0 Å². The van der Waals surface area contributed by atoms with Crippen LogP contribution in [0.1, 0.15) is 25.3 Å². The van der Waals surface area contributed by atoms with Crippen LogP contribution in [0.3, 0.4) is 0 Å². The van der Waals surface area contributed by atoms with Crippen LogP contribution in [0.5, 0.6) is 5.75 Å². The Bertz CT molecular complexity index is 341. The highest BCUT2D eigenvalue weighted by Gasteiger charge is 2.33. The van der Waals surface area contributed by atoms with Gasteiger partial charge in [-0.05, 0) is 29.9 Å². The quantitative estimate of drug-likeness (QED) is 0.698. The fraction of sp³-hybridized carbons (Fsp3) is 0.571. The van der Waals surface area contributed by atoms with Gasteiger partial charge in [0.1, 0.15) is 11.9 Å². The summed E-state index contributed by atoms with van der Waals surface area (Å²) < 4.78 is 6.03. The van der Waals surface area contributed by atoms with Gasteiger partial charge in [-0.3, -0.25) is 0 Å². The van der Waals surface area contributed by atoms with Crippen molar-refractivity contribution in [3.8, 4) is 5.75 Å². The Morgan fingerprint density at radius 2 is 2.00 bits per heavy atom. The maximum atomic E-state index is 6.03. The second-order valence-electron chi connectivity index (χ2n) is 4.88. The molecule has 1 aromatic carbocycles. The fourth-order valence-corrected chi connectivity index (χ4v) is 4.51. The van der Waals surface area contributed by atoms with Gasteiger partial charge in [0.2, 0.25) is 0 Å². The van der Waals surface area contributed by atoms with Crippen molar-refractivity contribution < 1.29 is 4.74 Å². The Balaban J connectivity index is 2.04. The molecular formula is C14H18Br2O. The largest absolute Gasteiger partial charge is 0.490 e. The topological polar surface area (TPSA) is 9.23 Å². The molecule has 0 N–H and O–H groups in total. The van der Waals surface area contributed by atoms with E-state index in [4.69, 9.17) is 4.74 Å². The SMILES string of the molecule is CCC(CBr)(CBr)CC1Cc2ccccc2O1. The van der Waals surface area contributed by atoms with E-state index in [1.807, 2.05) is 6.07 Å². The Morgan fingerprint density at radius 3 is 2.59 bits per heavy atom. The highest BCUT2D eigenvalue weighted by Crippen LogP contribution is 2.38. The summed E-state index contributed by atoms with van der Waals surface area (Å²) in [4.78, 5) is 0. The van der Waals surface area contributed by atoms with Gasteiger partial charge in [0.25, 0.3) is 0 Å². The third-order valence-electron chi connectivity index (χ3n) is 3.69. The molecular weight excluding hydrogens is 344 g/mol. The van der Waals surface area contributed by atoms with Crippen LogP contribution in [-0.4, -0.2) is 16.8 Å². The van der Waals surface area contributed by atoms with Crippen molar-refractivity contribution in [3.05, 3.63) is 29.8 Å². The Labute approximate surface area is 120 Å². The van der Waals surface area contributed by atoms with Crippen molar-refractivity contribution in [2.75, 3.05) is 10.7 Å². The van der Waals surface area contributed by atoms with E-state index in [0.29, 0.717) is 11.5 Å². The van der Waals surface area contributed by atoms with Gasteiger partial charge in [-0.15, -0.1) is 0 Å². The van der Waals surface area contributed by atoms with Crippen molar-refractivity contribution >= 4 is 31.9 Å². The van der Waals surface area contributed by atoms with Gasteiger partial charge < -0.3 is 4.74 Å². The molecule has 0 aliphatic carbocycles. The zero-order valence-electron chi connectivity index (χ0n) is 10.1. The van der Waals surface area contributed by atoms with Crippen LogP contribution in [0, 0.1) is 5.41 Å². The van der Waals surface area contributed by atoms with Crippen LogP contribution >= 0.6 is 31.9 Å². The lowest BCUT2D eigenvalue weighted by molar-refractivity contribution is 0.160. The number of fused-ring (bicyclic) bond motifs is 1. The fourth-order valence-electron chi connectivity index (χ4n) is 2.33. The Morgan fingerprint density at radius 1 is 1.29 bits per heavy atom. The first-order chi connectivity index (χ1) is 8.23. The molecule has 1 atom stereocenters. The minimum Gasteiger partial charge on any atom is -0.490 e. The molecule has 0 fully saturated rings. The maximum Gasteiger partial charge on any atom is 0.123 e. The number of halogens is 2. The summed E-state index contributed by atoms with van der Waals surface area (Å²) in [6.45, 7) is 2.25. The van der Waals surface area contributed by atoms with Crippen molar-refractivity contribution in [2.24, 2.45) is 5.41 Å². The molecule has 17 heavy (non-hydrogen) atoms. The number of ether oxygens (including phenoxy) is 1. The minimum absolute atomic E-state index is 0.312. The molecule has 0 radical (unpaired) electrons. The third-order valence-corrected chi connectivity index (χ3v) is 6.07. The minimum atomic E-state index is 0.312. The number of hydrogen-bond donors (Lipinski definition) is 0. The zero-order chi connectivity index (χ0) is 12.3. The van der Waals surface area contributed by atoms with Gasteiger partial charge in [0.15, 0.2) is 0 Å². The molecule has 1 nitrogen and oxygen atoms in total. The van der Waals surface area contributed by atoms with Gasteiger partial charge in [-0.2, -0.15) is 0 Å². The van der Waals surface area contributed by atoms with Gasteiger partial charge in [-0.25, -0.2) is 0 Å². The molecule has 0 spiro atoms. The average molecular weight is 362 g/mol. The van der Waals surface area contributed by atoms with Crippen molar-refractivity contribution in [1.29, 1.82) is 0 Å². The van der Waals surface area contributed by atoms with Gasteiger partial charge >= 0.3 is 0 Å². The highest BCUT2D eigenvalue weighted by molar-refractivity contribution is 9.09. The van der Waals surface area contributed by atoms with Crippen molar-refractivity contribution in [2.45, 2.75) is 32.3 Å².